The van der Waals surface area contributed by atoms with E-state index in [1.807, 2.05) is 6.92 Å². The number of sulfonamides is 1. The summed E-state index contributed by atoms with van der Waals surface area (Å²) in [6, 6.07) is 2.43. The van der Waals surface area contributed by atoms with Crippen molar-refractivity contribution in [2.24, 2.45) is 5.41 Å². The SMILES string of the molecule is CCC1(CNS(=O)(=O)c2ccc(Cl)c(C(=O)O)c2Cl)CC1. The van der Waals surface area contributed by atoms with E-state index in [9.17, 15) is 13.2 Å². The predicted molar refractivity (Wildman–Crippen MR) is 80.6 cm³/mol. The molecule has 0 radical (unpaired) electrons. The molecule has 0 heterocycles. The second kappa shape index (κ2) is 5.76. The molecule has 8 heteroatoms. The van der Waals surface area contributed by atoms with Crippen LogP contribution >= 0.6 is 23.2 Å². The maximum atomic E-state index is 12.3. The van der Waals surface area contributed by atoms with Gasteiger partial charge in [0.25, 0.3) is 0 Å². The zero-order chi connectivity index (χ0) is 15.8. The first-order valence-electron chi connectivity index (χ1n) is 6.43. The summed E-state index contributed by atoms with van der Waals surface area (Å²) in [6.07, 6.45) is 2.87. The van der Waals surface area contributed by atoms with Gasteiger partial charge in [-0.2, -0.15) is 0 Å². The summed E-state index contributed by atoms with van der Waals surface area (Å²) in [7, 11) is -3.87. The number of benzene rings is 1. The number of aromatic carboxylic acids is 1. The minimum absolute atomic E-state index is 0.0294. The van der Waals surface area contributed by atoms with E-state index in [0.717, 1.165) is 19.3 Å². The Balaban J connectivity index is 2.32. The molecule has 1 fully saturated rings. The van der Waals surface area contributed by atoms with Gasteiger partial charge in [-0.15, -0.1) is 0 Å². The van der Waals surface area contributed by atoms with Gasteiger partial charge in [0.2, 0.25) is 10.0 Å². The molecule has 0 unspecified atom stereocenters. The van der Waals surface area contributed by atoms with E-state index in [0.29, 0.717) is 6.54 Å². The van der Waals surface area contributed by atoms with Crippen molar-refractivity contribution in [1.29, 1.82) is 0 Å². The minimum atomic E-state index is -3.87. The van der Waals surface area contributed by atoms with Gasteiger partial charge in [-0.05, 0) is 36.8 Å². The molecule has 0 aromatic heterocycles. The molecule has 2 N–H and O–H groups in total. The van der Waals surface area contributed by atoms with E-state index >= 15 is 0 Å². The van der Waals surface area contributed by atoms with Crippen LogP contribution in [0.3, 0.4) is 0 Å². The van der Waals surface area contributed by atoms with Crippen molar-refractivity contribution < 1.29 is 18.3 Å². The number of nitrogens with one attached hydrogen (secondary N) is 1. The predicted octanol–water partition coefficient (Wildman–Crippen LogP) is 3.16. The Kier molecular flexibility index (Phi) is 4.54. The van der Waals surface area contributed by atoms with E-state index < -0.39 is 21.6 Å². The lowest BCUT2D eigenvalue weighted by Gasteiger charge is -2.15. The van der Waals surface area contributed by atoms with Crippen LogP contribution in [0, 0.1) is 5.41 Å². The highest BCUT2D eigenvalue weighted by Gasteiger charge is 2.41. The Morgan fingerprint density at radius 3 is 2.48 bits per heavy atom. The fourth-order valence-corrected chi connectivity index (χ4v) is 4.17. The zero-order valence-electron chi connectivity index (χ0n) is 11.3. The van der Waals surface area contributed by atoms with Gasteiger partial charge in [-0.1, -0.05) is 30.1 Å². The van der Waals surface area contributed by atoms with Gasteiger partial charge in [-0.3, -0.25) is 0 Å². The van der Waals surface area contributed by atoms with Gasteiger partial charge in [0, 0.05) is 6.54 Å². The van der Waals surface area contributed by atoms with Crippen LogP contribution in [0.4, 0.5) is 0 Å². The molecule has 2 rings (SSSR count). The normalized spacial score (nSPS) is 16.7. The smallest absolute Gasteiger partial charge is 0.338 e. The standard InChI is InChI=1S/C13H15Cl2NO4S/c1-2-13(5-6-13)7-16-21(19,20)9-4-3-8(14)10(11(9)15)12(17)18/h3-4,16H,2,5-7H2,1H3,(H,17,18). The first-order chi connectivity index (χ1) is 9.72. The van der Waals surface area contributed by atoms with E-state index in [2.05, 4.69) is 4.72 Å². The van der Waals surface area contributed by atoms with Crippen molar-refractivity contribution in [3.05, 3.63) is 27.7 Å². The zero-order valence-corrected chi connectivity index (χ0v) is 13.6. The van der Waals surface area contributed by atoms with E-state index in [1.165, 1.54) is 12.1 Å². The topological polar surface area (TPSA) is 83.5 Å². The summed E-state index contributed by atoms with van der Waals surface area (Å²) in [5, 5.41) is 8.59. The third kappa shape index (κ3) is 3.34. The van der Waals surface area contributed by atoms with E-state index in [4.69, 9.17) is 28.3 Å². The highest BCUT2D eigenvalue weighted by atomic mass is 35.5. The summed E-state index contributed by atoms with van der Waals surface area (Å²) in [5.74, 6) is -1.37. The van der Waals surface area contributed by atoms with Gasteiger partial charge in [0.15, 0.2) is 0 Å². The van der Waals surface area contributed by atoms with Gasteiger partial charge < -0.3 is 5.11 Å². The molecule has 0 saturated heterocycles. The molecule has 1 aliphatic carbocycles. The van der Waals surface area contributed by atoms with E-state index in [1.54, 1.807) is 0 Å². The number of carboxylic acid groups (broad SMARTS) is 1. The van der Waals surface area contributed by atoms with Crippen LogP contribution in [0.5, 0.6) is 0 Å². The van der Waals surface area contributed by atoms with Crippen LogP contribution in [0.15, 0.2) is 17.0 Å². The lowest BCUT2D eigenvalue weighted by Crippen LogP contribution is -2.30. The van der Waals surface area contributed by atoms with Gasteiger partial charge in [0.1, 0.15) is 4.90 Å². The molecule has 1 saturated carbocycles. The Morgan fingerprint density at radius 2 is 2.00 bits per heavy atom. The lowest BCUT2D eigenvalue weighted by atomic mass is 10.1. The molecule has 5 nitrogen and oxygen atoms in total. The van der Waals surface area contributed by atoms with Crippen molar-refractivity contribution in [2.45, 2.75) is 31.1 Å². The minimum Gasteiger partial charge on any atom is -0.478 e. The first kappa shape index (κ1) is 16.5. The molecule has 21 heavy (non-hydrogen) atoms. The summed E-state index contributed by atoms with van der Waals surface area (Å²) in [6.45, 7) is 2.34. The highest BCUT2D eigenvalue weighted by molar-refractivity contribution is 7.89. The van der Waals surface area contributed by atoms with Gasteiger partial charge in [0.05, 0.1) is 15.6 Å². The molecular weight excluding hydrogens is 337 g/mol. The molecule has 0 atom stereocenters. The summed E-state index contributed by atoms with van der Waals surface area (Å²) in [4.78, 5) is 10.8. The number of hydrogen-bond donors (Lipinski definition) is 2. The average Bonchev–Trinajstić information content (AvgIpc) is 3.16. The van der Waals surface area contributed by atoms with Crippen LogP contribution < -0.4 is 4.72 Å². The van der Waals surface area contributed by atoms with Crippen molar-refractivity contribution in [2.75, 3.05) is 6.54 Å². The third-order valence-corrected chi connectivity index (χ3v) is 6.17. The monoisotopic (exact) mass is 351 g/mol. The summed E-state index contributed by atoms with van der Waals surface area (Å²) in [5.41, 5.74) is -0.375. The van der Waals surface area contributed by atoms with Crippen molar-refractivity contribution in [3.8, 4) is 0 Å². The lowest BCUT2D eigenvalue weighted by molar-refractivity contribution is 0.0697. The summed E-state index contributed by atoms with van der Waals surface area (Å²) < 4.78 is 27.1. The highest BCUT2D eigenvalue weighted by Crippen LogP contribution is 2.48. The van der Waals surface area contributed by atoms with Crippen LogP contribution in [0.1, 0.15) is 36.5 Å². The Morgan fingerprint density at radius 1 is 1.38 bits per heavy atom. The van der Waals surface area contributed by atoms with Crippen LogP contribution in [-0.2, 0) is 10.0 Å². The number of hydrogen-bond acceptors (Lipinski definition) is 3. The van der Waals surface area contributed by atoms with Crippen LogP contribution in [-0.4, -0.2) is 26.0 Å². The molecule has 116 valence electrons. The second-order valence-corrected chi connectivity index (χ2v) is 7.74. The first-order valence-corrected chi connectivity index (χ1v) is 8.67. The number of carbonyl (C=O) groups is 1. The van der Waals surface area contributed by atoms with Crippen molar-refractivity contribution >= 4 is 39.2 Å². The third-order valence-electron chi connectivity index (χ3n) is 3.90. The van der Waals surface area contributed by atoms with Crippen molar-refractivity contribution in [3.63, 3.8) is 0 Å². The Hall–Kier alpha value is -0.820. The number of halogens is 2. The molecule has 1 aliphatic rings. The fraction of sp³-hybridized carbons (Fsp3) is 0.462. The maximum absolute atomic E-state index is 12.3. The van der Waals surface area contributed by atoms with Crippen LogP contribution in [0.2, 0.25) is 10.0 Å². The number of carboxylic acids is 1. The number of rotatable bonds is 6. The Labute approximate surface area is 133 Å². The van der Waals surface area contributed by atoms with Gasteiger partial charge >= 0.3 is 5.97 Å². The second-order valence-electron chi connectivity index (χ2n) is 5.22. The van der Waals surface area contributed by atoms with Crippen LogP contribution in [0.25, 0.3) is 0 Å². The van der Waals surface area contributed by atoms with E-state index in [-0.39, 0.29) is 20.4 Å². The molecule has 0 amide bonds. The quantitative estimate of drug-likeness (QED) is 0.824. The van der Waals surface area contributed by atoms with Crippen molar-refractivity contribution in [1.82, 2.24) is 4.72 Å². The largest absolute Gasteiger partial charge is 0.478 e. The molecule has 1 aromatic rings. The molecule has 0 bridgehead atoms. The fourth-order valence-electron chi connectivity index (χ4n) is 2.09. The molecular formula is C13H15Cl2NO4S. The molecule has 0 aliphatic heterocycles. The Bertz CT molecular complexity index is 684. The molecule has 0 spiro atoms. The molecule has 1 aromatic carbocycles. The average molecular weight is 352 g/mol. The summed E-state index contributed by atoms with van der Waals surface area (Å²) >= 11 is 11.7. The maximum Gasteiger partial charge on any atom is 0.338 e. The van der Waals surface area contributed by atoms with Gasteiger partial charge in [-0.25, -0.2) is 17.9 Å².